The Labute approximate surface area is 68.0 Å². The Bertz CT molecular complexity index is 119. The van der Waals surface area contributed by atoms with Crippen molar-refractivity contribution in [3.63, 3.8) is 0 Å². The van der Waals surface area contributed by atoms with Gasteiger partial charge < -0.3 is 9.80 Å². The number of nitrogens with one attached hydrogen (secondary N) is 1. The first kappa shape index (κ1) is 8.94. The van der Waals surface area contributed by atoms with Gasteiger partial charge >= 0.3 is 0 Å². The van der Waals surface area contributed by atoms with E-state index >= 15 is 0 Å². The maximum Gasteiger partial charge on any atom is 0.221 e. The number of quaternary nitrogens is 1. The number of hydrogen-bond donors (Lipinski definition) is 1. The van der Waals surface area contributed by atoms with Crippen molar-refractivity contribution in [1.82, 2.24) is 5.32 Å². The lowest BCUT2D eigenvalue weighted by molar-refractivity contribution is -0.903. The van der Waals surface area contributed by atoms with Gasteiger partial charge in [-0.05, 0) is 19.4 Å². The molecule has 0 spiro atoms. The molecule has 0 aliphatic carbocycles. The molecule has 1 rings (SSSR count). The topological polar surface area (TPSA) is 12.0 Å². The van der Waals surface area contributed by atoms with Crippen molar-refractivity contribution < 1.29 is 8.87 Å². The second-order valence-electron chi connectivity index (χ2n) is 4.03. The van der Waals surface area contributed by atoms with E-state index in [0.29, 0.717) is 10.5 Å². The van der Waals surface area contributed by atoms with E-state index in [0.717, 1.165) is 13.1 Å². The van der Waals surface area contributed by atoms with Gasteiger partial charge in [0, 0.05) is 0 Å². The van der Waals surface area contributed by atoms with E-state index in [2.05, 4.69) is 5.32 Å². The normalized spacial score (nSPS) is 25.9. The summed E-state index contributed by atoms with van der Waals surface area (Å²) < 4.78 is 12.9. The van der Waals surface area contributed by atoms with Crippen molar-refractivity contribution in [2.45, 2.75) is 18.9 Å². The maximum absolute atomic E-state index is 12.4. The Hall–Kier alpha value is -0.150. The molecule has 0 aromatic rings. The van der Waals surface area contributed by atoms with Crippen LogP contribution in [0.15, 0.2) is 0 Å². The molecule has 0 radical (unpaired) electrons. The van der Waals surface area contributed by atoms with Gasteiger partial charge in [-0.25, -0.2) is 0 Å². The van der Waals surface area contributed by atoms with E-state index in [4.69, 9.17) is 0 Å². The maximum atomic E-state index is 12.4. The molecule has 0 amide bonds. The fourth-order valence-corrected chi connectivity index (χ4v) is 1.56. The van der Waals surface area contributed by atoms with Crippen LogP contribution in [0.2, 0.25) is 0 Å². The number of hydrogen-bond acceptors (Lipinski definition) is 1. The average Bonchev–Trinajstić information content (AvgIpc) is 2.39. The highest BCUT2D eigenvalue weighted by atomic mass is 19.1. The molecule has 1 saturated heterocycles. The highest BCUT2D eigenvalue weighted by Crippen LogP contribution is 2.09. The van der Waals surface area contributed by atoms with E-state index in [-0.39, 0.29) is 6.80 Å². The first-order valence-corrected chi connectivity index (χ1v) is 4.25. The van der Waals surface area contributed by atoms with Crippen molar-refractivity contribution >= 4 is 0 Å². The Morgan fingerprint density at radius 2 is 2.27 bits per heavy atom. The van der Waals surface area contributed by atoms with Crippen LogP contribution < -0.4 is 5.32 Å². The molecular weight excluding hydrogens is 143 g/mol. The summed E-state index contributed by atoms with van der Waals surface area (Å²) >= 11 is 0. The lowest BCUT2D eigenvalue weighted by Gasteiger charge is -2.28. The Morgan fingerprint density at radius 1 is 1.55 bits per heavy atom. The molecule has 1 unspecified atom stereocenters. The van der Waals surface area contributed by atoms with Gasteiger partial charge in [0.05, 0.1) is 26.7 Å². The third-order valence-electron chi connectivity index (χ3n) is 2.20. The smallest absolute Gasteiger partial charge is 0.221 e. The molecule has 11 heavy (non-hydrogen) atoms. The monoisotopic (exact) mass is 161 g/mol. The molecule has 1 atom stereocenters. The molecular formula is C8H18FN2+. The molecule has 1 aliphatic rings. The number of alkyl halides is 1. The summed E-state index contributed by atoms with van der Waals surface area (Å²) in [4.78, 5) is 0. The summed E-state index contributed by atoms with van der Waals surface area (Å²) in [6.45, 7) is 1.76. The zero-order chi connectivity index (χ0) is 8.32. The van der Waals surface area contributed by atoms with E-state index in [1.54, 1.807) is 0 Å². The van der Waals surface area contributed by atoms with Crippen LogP contribution in [0.25, 0.3) is 0 Å². The van der Waals surface area contributed by atoms with E-state index in [1.807, 2.05) is 14.1 Å². The largest absolute Gasteiger partial charge is 0.309 e. The summed E-state index contributed by atoms with van der Waals surface area (Å²) in [5.74, 6) is 0. The zero-order valence-electron chi connectivity index (χ0n) is 7.44. The highest BCUT2D eigenvalue weighted by Gasteiger charge is 2.23. The van der Waals surface area contributed by atoms with Crippen LogP contribution in [0, 0.1) is 0 Å². The second-order valence-corrected chi connectivity index (χ2v) is 4.03. The summed E-state index contributed by atoms with van der Waals surface area (Å²) in [5.41, 5.74) is 0. The van der Waals surface area contributed by atoms with Crippen LogP contribution >= 0.6 is 0 Å². The number of nitrogens with zero attached hydrogens (tertiary/aromatic N) is 1. The van der Waals surface area contributed by atoms with Crippen LogP contribution in [-0.4, -0.2) is 44.5 Å². The second kappa shape index (κ2) is 3.50. The predicted octanol–water partition coefficient (Wildman–Crippen LogP) is 0.742. The molecule has 1 aliphatic heterocycles. The van der Waals surface area contributed by atoms with Gasteiger partial charge in [0.1, 0.15) is 0 Å². The quantitative estimate of drug-likeness (QED) is 0.475. The van der Waals surface area contributed by atoms with Crippen LogP contribution in [0.4, 0.5) is 4.39 Å². The van der Waals surface area contributed by atoms with Gasteiger partial charge in [-0.2, -0.15) is 4.39 Å². The molecule has 1 fully saturated rings. The zero-order valence-corrected chi connectivity index (χ0v) is 7.44. The molecule has 66 valence electrons. The molecule has 2 nitrogen and oxygen atoms in total. The van der Waals surface area contributed by atoms with Gasteiger partial charge in [0.25, 0.3) is 0 Å². The van der Waals surface area contributed by atoms with E-state index in [1.165, 1.54) is 12.8 Å². The predicted molar refractivity (Wildman–Crippen MR) is 44.0 cm³/mol. The van der Waals surface area contributed by atoms with Crippen LogP contribution in [0.5, 0.6) is 0 Å². The van der Waals surface area contributed by atoms with Gasteiger partial charge in [-0.3, -0.25) is 0 Å². The van der Waals surface area contributed by atoms with E-state index in [9.17, 15) is 4.39 Å². The van der Waals surface area contributed by atoms with Gasteiger partial charge in [-0.15, -0.1) is 0 Å². The molecule has 1 N–H and O–H groups in total. The number of halogens is 1. The van der Waals surface area contributed by atoms with Crippen LogP contribution in [-0.2, 0) is 0 Å². The summed E-state index contributed by atoms with van der Waals surface area (Å²) in [6.07, 6.45) is 2.46. The third-order valence-corrected chi connectivity index (χ3v) is 2.20. The van der Waals surface area contributed by atoms with Crippen molar-refractivity contribution in [2.75, 3.05) is 34.0 Å². The van der Waals surface area contributed by atoms with E-state index < -0.39 is 0 Å². The summed E-state index contributed by atoms with van der Waals surface area (Å²) in [7, 11) is 3.86. The molecule has 0 bridgehead atoms. The minimum absolute atomic E-state index is 0.266. The summed E-state index contributed by atoms with van der Waals surface area (Å²) in [5, 5.41) is 3.36. The number of rotatable bonds is 3. The Kier molecular flexibility index (Phi) is 2.84. The molecule has 0 saturated carbocycles. The standard InChI is InChI=1S/C8H18FN2/c1-11(2,7-9)6-8-4-3-5-10-8/h8,10H,3-7H2,1-2H3/q+1. The van der Waals surface area contributed by atoms with Crippen molar-refractivity contribution in [3.05, 3.63) is 0 Å². The highest BCUT2D eigenvalue weighted by molar-refractivity contribution is 4.73. The average molecular weight is 161 g/mol. The fourth-order valence-electron chi connectivity index (χ4n) is 1.56. The molecule has 0 aromatic heterocycles. The lowest BCUT2D eigenvalue weighted by Crippen LogP contribution is -2.47. The molecule has 0 aromatic carbocycles. The Morgan fingerprint density at radius 3 is 2.73 bits per heavy atom. The van der Waals surface area contributed by atoms with Crippen LogP contribution in [0.3, 0.4) is 0 Å². The molecule has 1 heterocycles. The molecule has 3 heteroatoms. The van der Waals surface area contributed by atoms with Crippen LogP contribution in [0.1, 0.15) is 12.8 Å². The van der Waals surface area contributed by atoms with Gasteiger partial charge in [-0.1, -0.05) is 0 Å². The van der Waals surface area contributed by atoms with Gasteiger partial charge in [0.2, 0.25) is 6.80 Å². The Balaban J connectivity index is 2.28. The minimum Gasteiger partial charge on any atom is -0.309 e. The number of likely N-dealkylation sites (N-methyl/N-ethyl adjacent to an activating group) is 1. The fraction of sp³-hybridized carbons (Fsp3) is 1.00. The van der Waals surface area contributed by atoms with Crippen molar-refractivity contribution in [2.24, 2.45) is 0 Å². The van der Waals surface area contributed by atoms with Crippen molar-refractivity contribution in [3.8, 4) is 0 Å². The minimum atomic E-state index is -0.266. The SMILES string of the molecule is C[N+](C)(CF)CC1CCCN1. The first-order valence-electron chi connectivity index (χ1n) is 4.25. The summed E-state index contributed by atoms with van der Waals surface area (Å²) in [6, 6.07) is 0.542. The first-order chi connectivity index (χ1) is 5.14. The third kappa shape index (κ3) is 2.75. The van der Waals surface area contributed by atoms with Gasteiger partial charge in [0.15, 0.2) is 0 Å². The van der Waals surface area contributed by atoms with Crippen molar-refractivity contribution in [1.29, 1.82) is 0 Å². The lowest BCUT2D eigenvalue weighted by atomic mass is 10.2.